The van der Waals surface area contributed by atoms with Crippen LogP contribution in [0, 0.1) is 0 Å². The largest absolute Gasteiger partial charge is 0.330 e. The molecule has 0 heterocycles. The Bertz CT molecular complexity index is 466. The van der Waals surface area contributed by atoms with Gasteiger partial charge in [-0.2, -0.15) is 0 Å². The number of halogens is 2. The fraction of sp³-hybridized carbons (Fsp3) is 0.143. The van der Waals surface area contributed by atoms with Crippen molar-refractivity contribution in [3.8, 4) is 11.1 Å². The molecule has 0 unspecified atom stereocenters. The first-order valence-corrected chi connectivity index (χ1v) is 5.73. The Kier molecular flexibility index (Phi) is 5.49. The van der Waals surface area contributed by atoms with Gasteiger partial charge >= 0.3 is 0 Å². The zero-order valence-corrected chi connectivity index (χ0v) is 11.0. The second-order valence-corrected chi connectivity index (χ2v) is 4.14. The fourth-order valence-corrected chi connectivity index (χ4v) is 1.93. The number of benzene rings is 2. The first kappa shape index (κ1) is 14.0. The smallest absolute Gasteiger partial charge is 0.0406 e. The third kappa shape index (κ3) is 3.47. The molecule has 0 saturated carbocycles. The molecule has 0 bridgehead atoms. The average molecular weight is 268 g/mol. The molecule has 0 aromatic heterocycles. The van der Waals surface area contributed by atoms with Crippen molar-refractivity contribution in [2.75, 3.05) is 6.54 Å². The van der Waals surface area contributed by atoms with Gasteiger partial charge in [-0.05, 0) is 41.8 Å². The Balaban J connectivity index is 0.00000144. The molecule has 0 radical (unpaired) electrons. The molecule has 3 heteroatoms. The molecule has 2 N–H and O–H groups in total. The van der Waals surface area contributed by atoms with Gasteiger partial charge in [-0.3, -0.25) is 0 Å². The molecule has 17 heavy (non-hydrogen) atoms. The van der Waals surface area contributed by atoms with Gasteiger partial charge in [0, 0.05) is 5.02 Å². The Labute approximate surface area is 113 Å². The summed E-state index contributed by atoms with van der Waals surface area (Å²) in [6, 6.07) is 16.2. The molecule has 0 aliphatic heterocycles. The highest BCUT2D eigenvalue weighted by Gasteiger charge is 2.03. The van der Waals surface area contributed by atoms with Crippen LogP contribution in [0.5, 0.6) is 0 Å². The van der Waals surface area contributed by atoms with E-state index in [9.17, 15) is 0 Å². The van der Waals surface area contributed by atoms with Gasteiger partial charge in [0.2, 0.25) is 0 Å². The van der Waals surface area contributed by atoms with Crippen LogP contribution >= 0.6 is 24.0 Å². The molecule has 0 spiro atoms. The molecule has 0 fully saturated rings. The van der Waals surface area contributed by atoms with Crippen molar-refractivity contribution in [3.63, 3.8) is 0 Å². The van der Waals surface area contributed by atoms with E-state index in [1.807, 2.05) is 36.4 Å². The van der Waals surface area contributed by atoms with Crippen molar-refractivity contribution in [1.82, 2.24) is 0 Å². The summed E-state index contributed by atoms with van der Waals surface area (Å²) in [6.45, 7) is 0.671. The monoisotopic (exact) mass is 267 g/mol. The minimum absolute atomic E-state index is 0. The van der Waals surface area contributed by atoms with E-state index >= 15 is 0 Å². The molecule has 0 saturated heterocycles. The summed E-state index contributed by atoms with van der Waals surface area (Å²) in [6.07, 6.45) is 0.902. The first-order valence-electron chi connectivity index (χ1n) is 5.35. The third-order valence-electron chi connectivity index (χ3n) is 2.59. The van der Waals surface area contributed by atoms with Gasteiger partial charge in [0.25, 0.3) is 0 Å². The lowest BCUT2D eigenvalue weighted by molar-refractivity contribution is 0.971. The highest BCUT2D eigenvalue weighted by molar-refractivity contribution is 6.30. The Morgan fingerprint density at radius 1 is 0.941 bits per heavy atom. The Hall–Kier alpha value is -1.02. The summed E-state index contributed by atoms with van der Waals surface area (Å²) in [5, 5.41) is 0.764. The summed E-state index contributed by atoms with van der Waals surface area (Å²) in [5.41, 5.74) is 9.32. The maximum absolute atomic E-state index is 5.88. The quantitative estimate of drug-likeness (QED) is 0.896. The Morgan fingerprint density at radius 3 is 2.24 bits per heavy atom. The second-order valence-electron chi connectivity index (χ2n) is 3.70. The predicted octanol–water partition coefficient (Wildman–Crippen LogP) is 3.93. The first-order chi connectivity index (χ1) is 7.81. The molecular weight excluding hydrogens is 253 g/mol. The normalized spacial score (nSPS) is 9.76. The molecule has 0 aliphatic carbocycles. The fourth-order valence-electron chi connectivity index (χ4n) is 1.80. The highest BCUT2D eigenvalue weighted by atomic mass is 35.5. The lowest BCUT2D eigenvalue weighted by atomic mass is 9.98. The van der Waals surface area contributed by atoms with Crippen molar-refractivity contribution in [1.29, 1.82) is 0 Å². The van der Waals surface area contributed by atoms with E-state index in [2.05, 4.69) is 12.1 Å². The van der Waals surface area contributed by atoms with Crippen molar-refractivity contribution >= 4 is 24.0 Å². The number of hydrogen-bond acceptors (Lipinski definition) is 1. The summed E-state index contributed by atoms with van der Waals surface area (Å²) in [7, 11) is 0. The van der Waals surface area contributed by atoms with E-state index in [0.717, 1.165) is 11.4 Å². The van der Waals surface area contributed by atoms with Gasteiger partial charge in [-0.1, -0.05) is 48.0 Å². The van der Waals surface area contributed by atoms with Crippen LogP contribution < -0.4 is 5.73 Å². The third-order valence-corrected chi connectivity index (χ3v) is 2.84. The van der Waals surface area contributed by atoms with Crippen molar-refractivity contribution in [2.24, 2.45) is 5.73 Å². The Morgan fingerprint density at radius 2 is 1.59 bits per heavy atom. The maximum Gasteiger partial charge on any atom is 0.0406 e. The lowest BCUT2D eigenvalue weighted by Crippen LogP contribution is -2.03. The van der Waals surface area contributed by atoms with Gasteiger partial charge < -0.3 is 5.73 Å². The minimum atomic E-state index is 0. The highest BCUT2D eigenvalue weighted by Crippen LogP contribution is 2.25. The number of nitrogens with two attached hydrogens (primary N) is 1. The molecule has 2 rings (SSSR count). The van der Waals surface area contributed by atoms with Crippen LogP contribution in [0.15, 0.2) is 48.5 Å². The molecule has 1 nitrogen and oxygen atoms in total. The summed E-state index contributed by atoms with van der Waals surface area (Å²) in [4.78, 5) is 0. The van der Waals surface area contributed by atoms with Crippen LogP contribution in [0.2, 0.25) is 5.02 Å². The zero-order valence-electron chi connectivity index (χ0n) is 9.40. The lowest BCUT2D eigenvalue weighted by Gasteiger charge is -2.08. The number of rotatable bonds is 3. The maximum atomic E-state index is 5.88. The average Bonchev–Trinajstić information content (AvgIpc) is 2.32. The van der Waals surface area contributed by atoms with Crippen molar-refractivity contribution < 1.29 is 0 Å². The van der Waals surface area contributed by atoms with Crippen LogP contribution in [-0.4, -0.2) is 6.54 Å². The topological polar surface area (TPSA) is 26.0 Å². The summed E-state index contributed by atoms with van der Waals surface area (Å²) >= 11 is 5.88. The van der Waals surface area contributed by atoms with Crippen LogP contribution in [0.4, 0.5) is 0 Å². The predicted molar refractivity (Wildman–Crippen MR) is 76.9 cm³/mol. The van der Waals surface area contributed by atoms with E-state index < -0.39 is 0 Å². The molecular formula is C14H15Cl2N. The molecule has 0 amide bonds. The molecule has 0 atom stereocenters. The van der Waals surface area contributed by atoms with Crippen molar-refractivity contribution in [2.45, 2.75) is 6.42 Å². The van der Waals surface area contributed by atoms with Gasteiger partial charge in [0.05, 0.1) is 0 Å². The van der Waals surface area contributed by atoms with Gasteiger partial charge in [-0.25, -0.2) is 0 Å². The van der Waals surface area contributed by atoms with Gasteiger partial charge in [0.15, 0.2) is 0 Å². The second kappa shape index (κ2) is 6.65. The van der Waals surface area contributed by atoms with Crippen molar-refractivity contribution in [3.05, 3.63) is 59.1 Å². The van der Waals surface area contributed by atoms with E-state index in [1.54, 1.807) is 0 Å². The molecule has 2 aromatic carbocycles. The molecule has 90 valence electrons. The van der Waals surface area contributed by atoms with E-state index in [0.29, 0.717) is 6.54 Å². The van der Waals surface area contributed by atoms with Crippen LogP contribution in [0.1, 0.15) is 5.56 Å². The van der Waals surface area contributed by atoms with E-state index in [4.69, 9.17) is 17.3 Å². The number of hydrogen-bond donors (Lipinski definition) is 1. The minimum Gasteiger partial charge on any atom is -0.330 e. The van der Waals surface area contributed by atoms with Crippen LogP contribution in [0.25, 0.3) is 11.1 Å². The molecule has 2 aromatic rings. The summed E-state index contributed by atoms with van der Waals surface area (Å²) < 4.78 is 0. The molecule has 0 aliphatic rings. The van der Waals surface area contributed by atoms with Crippen LogP contribution in [0.3, 0.4) is 0 Å². The van der Waals surface area contributed by atoms with Gasteiger partial charge in [-0.15, -0.1) is 12.4 Å². The summed E-state index contributed by atoms with van der Waals surface area (Å²) in [5.74, 6) is 0. The van der Waals surface area contributed by atoms with E-state index in [1.165, 1.54) is 16.7 Å². The van der Waals surface area contributed by atoms with E-state index in [-0.39, 0.29) is 12.4 Å². The van der Waals surface area contributed by atoms with Crippen LogP contribution in [-0.2, 0) is 6.42 Å². The van der Waals surface area contributed by atoms with Gasteiger partial charge in [0.1, 0.15) is 0 Å². The SMILES string of the molecule is Cl.NCCc1ccccc1-c1ccc(Cl)cc1. The standard InChI is InChI=1S/C14H14ClN.ClH/c15-13-7-5-12(6-8-13)14-4-2-1-3-11(14)9-10-16;/h1-8H,9-10,16H2;1H. The zero-order chi connectivity index (χ0) is 11.4.